The predicted octanol–water partition coefficient (Wildman–Crippen LogP) is 11.6. The van der Waals surface area contributed by atoms with Crippen molar-refractivity contribution in [1.29, 1.82) is 0 Å². The van der Waals surface area contributed by atoms with Crippen LogP contribution in [-0.4, -0.2) is 49.9 Å². The molecule has 0 fully saturated rings. The summed E-state index contributed by atoms with van der Waals surface area (Å²) in [6.45, 7) is 4.68. The van der Waals surface area contributed by atoms with Crippen LogP contribution in [0, 0.1) is 0 Å². The number of hydrogen-bond acceptors (Lipinski definition) is 7. The Morgan fingerprint density at radius 3 is 1.67 bits per heavy atom. The Morgan fingerprint density at radius 2 is 1.10 bits per heavy atom. The molecule has 0 saturated heterocycles. The van der Waals surface area contributed by atoms with Gasteiger partial charge in [-0.15, -0.1) is 0 Å². The summed E-state index contributed by atoms with van der Waals surface area (Å²) in [5.41, 5.74) is 5.35. The van der Waals surface area contributed by atoms with Crippen LogP contribution in [0.4, 0.5) is 0 Å². The lowest BCUT2D eigenvalue weighted by Crippen LogP contribution is -2.28. The Bertz CT molecular complexity index is 1010. The zero-order chi connectivity index (χ0) is 37.4. The topological polar surface area (TPSA) is 117 Å². The molecule has 3 N–H and O–H groups in total. The molecule has 0 radical (unpaired) electrons. The van der Waals surface area contributed by atoms with Gasteiger partial charge in [-0.25, -0.2) is 4.57 Å². The van der Waals surface area contributed by atoms with E-state index >= 15 is 0 Å². The van der Waals surface area contributed by atoms with Gasteiger partial charge in [0, 0.05) is 19.6 Å². The third kappa shape index (κ3) is 39.0. The molecular weight excluding hydrogens is 661 g/mol. The van der Waals surface area contributed by atoms with Crippen molar-refractivity contribution in [1.82, 2.24) is 0 Å². The second-order valence-corrected chi connectivity index (χ2v) is 14.2. The highest BCUT2D eigenvalue weighted by molar-refractivity contribution is 7.47. The summed E-state index contributed by atoms with van der Waals surface area (Å²) in [5, 5.41) is 0. The number of phosphoric acid groups is 1. The normalized spacial score (nSPS) is 14.4. The summed E-state index contributed by atoms with van der Waals surface area (Å²) in [7, 11) is -4.29. The molecule has 0 aliphatic rings. The monoisotopic (exact) mass is 736 g/mol. The lowest BCUT2D eigenvalue weighted by molar-refractivity contribution is -0.154. The summed E-state index contributed by atoms with van der Waals surface area (Å²) in [6.07, 6.45) is 47.8. The summed E-state index contributed by atoms with van der Waals surface area (Å²) in [6, 6.07) is 0. The highest BCUT2D eigenvalue weighted by atomic mass is 31.2. The highest BCUT2D eigenvalue weighted by Crippen LogP contribution is 2.43. The summed E-state index contributed by atoms with van der Waals surface area (Å²) in [5.74, 6) is -0.392. The first-order valence-electron chi connectivity index (χ1n) is 19.9. The molecule has 2 atom stereocenters. The number of nitrogens with two attached hydrogens (primary N) is 1. The lowest BCUT2D eigenvalue weighted by Gasteiger charge is -2.20. The minimum Gasteiger partial charge on any atom is -0.457 e. The lowest BCUT2D eigenvalue weighted by atomic mass is 10.1. The largest absolute Gasteiger partial charge is 0.472 e. The fraction of sp³-hybridized carbons (Fsp3) is 0.690. The SMILES string of the molecule is CC/C=C\C/C=C\C/C=C\C/C=C\C/C=C\CCCC(=O)OC(COCCCCCCCC/C=C\CCCCCCC)COP(=O)(O)OCCN. The number of esters is 1. The van der Waals surface area contributed by atoms with E-state index in [4.69, 9.17) is 24.3 Å². The number of rotatable bonds is 37. The molecule has 0 aromatic carbocycles. The first-order chi connectivity index (χ1) is 24.9. The molecule has 0 amide bonds. The molecule has 2 unspecified atom stereocenters. The van der Waals surface area contributed by atoms with Gasteiger partial charge in [0.05, 0.1) is 19.8 Å². The number of hydrogen-bond donors (Lipinski definition) is 2. The molecule has 0 aromatic rings. The minimum absolute atomic E-state index is 0.0857. The van der Waals surface area contributed by atoms with Gasteiger partial charge in [0.25, 0.3) is 0 Å². The maximum Gasteiger partial charge on any atom is 0.472 e. The van der Waals surface area contributed by atoms with E-state index in [9.17, 15) is 14.3 Å². The standard InChI is InChI=1S/C42H74NO7P/c1-3-5-7-9-11-13-15-17-19-20-21-23-25-27-29-31-33-35-42(44)50-41(40-49-51(45,46)48-38-36-43)39-47-37-34-32-30-28-26-24-22-18-16-14-12-10-8-6-4-2/h5,7,11,13,16-19,21,23,27,29,41H,3-4,6,8-10,12,14-15,20,22,24-26,28,30-40,43H2,1-2H3,(H,45,46)/b7-5-,13-11-,18-16-,19-17-,23-21-,29-27-. The van der Waals surface area contributed by atoms with Gasteiger partial charge in [0.2, 0.25) is 0 Å². The third-order valence-corrected chi connectivity index (χ3v) is 8.84. The molecule has 0 aliphatic carbocycles. The number of ether oxygens (including phenoxy) is 2. The van der Waals surface area contributed by atoms with Gasteiger partial charge in [-0.3, -0.25) is 13.8 Å². The molecular formula is C42H74NO7P. The molecule has 51 heavy (non-hydrogen) atoms. The second kappa shape index (κ2) is 39.2. The first kappa shape index (κ1) is 48.9. The number of allylic oxidation sites excluding steroid dienone is 12. The van der Waals surface area contributed by atoms with Crippen LogP contribution in [0.15, 0.2) is 72.9 Å². The van der Waals surface area contributed by atoms with Gasteiger partial charge in [-0.05, 0) is 77.0 Å². The van der Waals surface area contributed by atoms with Crippen molar-refractivity contribution in [2.45, 2.75) is 155 Å². The van der Waals surface area contributed by atoms with Crippen LogP contribution >= 0.6 is 7.82 Å². The van der Waals surface area contributed by atoms with Crippen LogP contribution in [0.2, 0.25) is 0 Å². The van der Waals surface area contributed by atoms with Gasteiger partial charge in [-0.1, -0.05) is 138 Å². The summed E-state index contributed by atoms with van der Waals surface area (Å²) >= 11 is 0. The van der Waals surface area contributed by atoms with Crippen molar-refractivity contribution in [2.24, 2.45) is 5.73 Å². The number of carbonyl (C=O) groups is 1. The Labute approximate surface area is 312 Å². The van der Waals surface area contributed by atoms with Crippen LogP contribution < -0.4 is 5.73 Å². The van der Waals surface area contributed by atoms with Crippen molar-refractivity contribution in [3.05, 3.63) is 72.9 Å². The average Bonchev–Trinajstić information content (AvgIpc) is 3.12. The fourth-order valence-electron chi connectivity index (χ4n) is 4.97. The zero-order valence-electron chi connectivity index (χ0n) is 32.3. The van der Waals surface area contributed by atoms with Gasteiger partial charge in [0.1, 0.15) is 6.10 Å². The smallest absolute Gasteiger partial charge is 0.457 e. The van der Waals surface area contributed by atoms with E-state index in [1.807, 2.05) is 0 Å². The summed E-state index contributed by atoms with van der Waals surface area (Å²) < 4.78 is 33.3. The Hall–Kier alpha value is -2.06. The molecule has 8 nitrogen and oxygen atoms in total. The maximum atomic E-state index is 12.5. The molecule has 0 bridgehead atoms. The average molecular weight is 736 g/mol. The minimum atomic E-state index is -4.29. The molecule has 0 aliphatic heterocycles. The van der Waals surface area contributed by atoms with Crippen LogP contribution in [0.25, 0.3) is 0 Å². The van der Waals surface area contributed by atoms with Crippen LogP contribution in [0.3, 0.4) is 0 Å². The second-order valence-electron chi connectivity index (χ2n) is 12.8. The third-order valence-electron chi connectivity index (χ3n) is 7.86. The Balaban J connectivity index is 4.21. The predicted molar refractivity (Wildman–Crippen MR) is 215 cm³/mol. The quantitative estimate of drug-likeness (QED) is 0.0280. The zero-order valence-corrected chi connectivity index (χ0v) is 33.2. The fourth-order valence-corrected chi connectivity index (χ4v) is 5.73. The van der Waals surface area contributed by atoms with Crippen LogP contribution in [0.1, 0.15) is 149 Å². The maximum absolute atomic E-state index is 12.5. The van der Waals surface area contributed by atoms with Crippen molar-refractivity contribution in [3.8, 4) is 0 Å². The van der Waals surface area contributed by atoms with E-state index in [1.165, 1.54) is 64.2 Å². The van der Waals surface area contributed by atoms with Crippen molar-refractivity contribution in [2.75, 3.05) is 33.0 Å². The van der Waals surface area contributed by atoms with E-state index < -0.39 is 19.9 Å². The molecule has 0 aromatic heterocycles. The van der Waals surface area contributed by atoms with E-state index in [2.05, 4.69) is 86.8 Å². The van der Waals surface area contributed by atoms with E-state index in [0.29, 0.717) is 13.0 Å². The Morgan fingerprint density at radius 1 is 0.608 bits per heavy atom. The van der Waals surface area contributed by atoms with E-state index in [1.54, 1.807) is 0 Å². The number of carbonyl (C=O) groups excluding carboxylic acids is 1. The molecule has 294 valence electrons. The molecule has 0 heterocycles. The van der Waals surface area contributed by atoms with Gasteiger partial charge in [0.15, 0.2) is 0 Å². The molecule has 0 spiro atoms. The molecule has 0 saturated carbocycles. The Kier molecular flexibility index (Phi) is 37.6. The van der Waals surface area contributed by atoms with E-state index in [-0.39, 0.29) is 32.8 Å². The molecule has 0 rings (SSSR count). The van der Waals surface area contributed by atoms with Crippen molar-refractivity contribution >= 4 is 13.8 Å². The van der Waals surface area contributed by atoms with Crippen LogP contribution in [-0.2, 0) is 27.9 Å². The van der Waals surface area contributed by atoms with Gasteiger partial charge < -0.3 is 20.1 Å². The van der Waals surface area contributed by atoms with Crippen molar-refractivity contribution < 1.29 is 32.8 Å². The molecule has 9 heteroatoms. The van der Waals surface area contributed by atoms with Gasteiger partial charge in [-0.2, -0.15) is 0 Å². The first-order valence-corrected chi connectivity index (χ1v) is 21.4. The van der Waals surface area contributed by atoms with Crippen LogP contribution in [0.5, 0.6) is 0 Å². The van der Waals surface area contributed by atoms with Crippen molar-refractivity contribution in [3.63, 3.8) is 0 Å². The van der Waals surface area contributed by atoms with E-state index in [0.717, 1.165) is 57.8 Å². The number of phosphoric ester groups is 1. The highest BCUT2D eigenvalue weighted by Gasteiger charge is 2.25. The number of unbranched alkanes of at least 4 members (excludes halogenated alkanes) is 12. The summed E-state index contributed by atoms with van der Waals surface area (Å²) in [4.78, 5) is 22.4. The van der Waals surface area contributed by atoms with Gasteiger partial charge >= 0.3 is 13.8 Å².